The lowest BCUT2D eigenvalue weighted by Crippen LogP contribution is -2.20. The Morgan fingerprint density at radius 2 is 2.00 bits per heavy atom. The number of pyridine rings is 1. The molecule has 0 aliphatic carbocycles. The van der Waals surface area contributed by atoms with Crippen molar-refractivity contribution in [2.45, 2.75) is 39.7 Å². The molecule has 0 saturated carbocycles. The second kappa shape index (κ2) is 8.53. The van der Waals surface area contributed by atoms with E-state index in [-0.39, 0.29) is 0 Å². The van der Waals surface area contributed by atoms with Gasteiger partial charge in [-0.25, -0.2) is 4.79 Å². The number of aromatic nitrogens is 2. The van der Waals surface area contributed by atoms with E-state index in [1.54, 1.807) is 0 Å². The number of rotatable bonds is 8. The first-order chi connectivity index (χ1) is 13.9. The van der Waals surface area contributed by atoms with Crippen molar-refractivity contribution in [1.82, 2.24) is 14.9 Å². The Labute approximate surface area is 169 Å². The van der Waals surface area contributed by atoms with E-state index in [4.69, 9.17) is 0 Å². The average Bonchev–Trinajstić information content (AvgIpc) is 2.99. The Balaban J connectivity index is 2.05. The molecule has 3 aromatic rings. The molecule has 0 radical (unpaired) electrons. The summed E-state index contributed by atoms with van der Waals surface area (Å²) < 4.78 is 2.13. The normalized spacial score (nSPS) is 11.3. The lowest BCUT2D eigenvalue weighted by Gasteiger charge is -2.12. The van der Waals surface area contributed by atoms with Gasteiger partial charge in [-0.05, 0) is 43.1 Å². The predicted octanol–water partition coefficient (Wildman–Crippen LogP) is 3.39. The zero-order valence-electron chi connectivity index (χ0n) is 17.0. The van der Waals surface area contributed by atoms with Gasteiger partial charge < -0.3 is 25.1 Å². The number of nitrogens with zero attached hydrogens (tertiary/aromatic N) is 1. The molecule has 0 bridgehead atoms. The van der Waals surface area contributed by atoms with E-state index < -0.39 is 22.8 Å². The van der Waals surface area contributed by atoms with Crippen LogP contribution in [0.4, 0.5) is 0 Å². The van der Waals surface area contributed by atoms with Gasteiger partial charge in [-0.2, -0.15) is 0 Å². The van der Waals surface area contributed by atoms with Crippen LogP contribution in [0.3, 0.4) is 0 Å². The zero-order chi connectivity index (χ0) is 21.1. The number of unbranched alkanes of at least 4 members (excludes halogenated alkanes) is 1. The molecule has 0 atom stereocenters. The number of fused-ring (bicyclic) bond motifs is 1. The van der Waals surface area contributed by atoms with Crippen LogP contribution in [0.2, 0.25) is 0 Å². The van der Waals surface area contributed by atoms with Gasteiger partial charge in [0, 0.05) is 35.8 Å². The first-order valence-corrected chi connectivity index (χ1v) is 9.89. The van der Waals surface area contributed by atoms with Crippen molar-refractivity contribution in [2.75, 3.05) is 6.54 Å². The molecular formula is C22H27N3O4. The van der Waals surface area contributed by atoms with Gasteiger partial charge in [-0.1, -0.05) is 26.3 Å². The number of aromatic carboxylic acids is 1. The molecule has 3 rings (SSSR count). The summed E-state index contributed by atoms with van der Waals surface area (Å²) in [4.78, 5) is 26.2. The summed E-state index contributed by atoms with van der Waals surface area (Å²) in [5, 5.41) is 24.0. The Bertz CT molecular complexity index is 1110. The molecule has 0 fully saturated rings. The second-order valence-electron chi connectivity index (χ2n) is 7.19. The number of carboxylic acids is 1. The van der Waals surface area contributed by atoms with Crippen LogP contribution in [0.1, 0.15) is 48.3 Å². The van der Waals surface area contributed by atoms with Crippen molar-refractivity contribution in [2.24, 2.45) is 7.05 Å². The van der Waals surface area contributed by atoms with E-state index in [1.165, 1.54) is 0 Å². The summed E-state index contributed by atoms with van der Waals surface area (Å²) in [5.74, 6) is -1.91. The number of aryl methyl sites for hydroxylation is 1. The van der Waals surface area contributed by atoms with E-state index in [0.29, 0.717) is 17.7 Å². The number of carboxylic acid groups (broad SMARTS) is 1. The number of aromatic hydroxyl groups is 1. The lowest BCUT2D eigenvalue weighted by molar-refractivity contribution is 0.0691. The van der Waals surface area contributed by atoms with Crippen LogP contribution >= 0.6 is 0 Å². The van der Waals surface area contributed by atoms with Crippen LogP contribution in [-0.2, 0) is 20.0 Å². The van der Waals surface area contributed by atoms with Crippen molar-refractivity contribution in [3.63, 3.8) is 0 Å². The van der Waals surface area contributed by atoms with E-state index in [2.05, 4.69) is 27.9 Å². The molecule has 0 aliphatic rings. The summed E-state index contributed by atoms with van der Waals surface area (Å²) in [6.07, 6.45) is 2.67. The molecule has 0 unspecified atom stereocenters. The highest BCUT2D eigenvalue weighted by atomic mass is 16.4. The number of hydrogen-bond acceptors (Lipinski definition) is 4. The van der Waals surface area contributed by atoms with Gasteiger partial charge in [0.05, 0.1) is 5.69 Å². The molecule has 2 heterocycles. The van der Waals surface area contributed by atoms with Crippen LogP contribution in [0.5, 0.6) is 5.75 Å². The van der Waals surface area contributed by atoms with Gasteiger partial charge in [0.25, 0.3) is 5.56 Å². The average molecular weight is 397 g/mol. The standard InChI is InChI=1S/C22H27N3O4/c1-4-6-9-23-12-15-11-14-10-13(7-8-17(14)25(15)3)19-16(5-2)20(26)18(22(28)29)21(27)24-19/h7-8,10-11,23H,4-6,9,12H2,1-3H3,(H,28,29)(H2,24,26,27). The van der Waals surface area contributed by atoms with Crippen LogP contribution in [-0.4, -0.2) is 32.3 Å². The van der Waals surface area contributed by atoms with Crippen LogP contribution < -0.4 is 10.9 Å². The highest BCUT2D eigenvalue weighted by molar-refractivity contribution is 5.92. The maximum atomic E-state index is 12.2. The zero-order valence-corrected chi connectivity index (χ0v) is 17.0. The maximum absolute atomic E-state index is 12.2. The Kier molecular flexibility index (Phi) is 6.08. The van der Waals surface area contributed by atoms with E-state index in [1.807, 2.05) is 32.2 Å². The Morgan fingerprint density at radius 3 is 2.66 bits per heavy atom. The predicted molar refractivity (Wildman–Crippen MR) is 114 cm³/mol. The quantitative estimate of drug-likeness (QED) is 0.436. The molecule has 2 aromatic heterocycles. The highest BCUT2D eigenvalue weighted by Crippen LogP contribution is 2.32. The summed E-state index contributed by atoms with van der Waals surface area (Å²) in [6.45, 7) is 5.71. The van der Waals surface area contributed by atoms with Crippen molar-refractivity contribution in [3.8, 4) is 17.0 Å². The van der Waals surface area contributed by atoms with Crippen LogP contribution in [0.15, 0.2) is 29.1 Å². The number of aromatic amines is 1. The second-order valence-corrected chi connectivity index (χ2v) is 7.19. The van der Waals surface area contributed by atoms with Gasteiger partial charge in [0.2, 0.25) is 0 Å². The van der Waals surface area contributed by atoms with Crippen LogP contribution in [0.25, 0.3) is 22.2 Å². The number of carbonyl (C=O) groups is 1. The maximum Gasteiger partial charge on any atom is 0.345 e. The topological polar surface area (TPSA) is 107 Å². The number of benzene rings is 1. The summed E-state index contributed by atoms with van der Waals surface area (Å²) in [7, 11) is 2.02. The number of hydrogen-bond donors (Lipinski definition) is 4. The first-order valence-electron chi connectivity index (χ1n) is 9.89. The van der Waals surface area contributed by atoms with Gasteiger partial charge in [0.15, 0.2) is 5.56 Å². The lowest BCUT2D eigenvalue weighted by atomic mass is 9.99. The minimum atomic E-state index is -1.44. The fourth-order valence-electron chi connectivity index (χ4n) is 3.67. The third kappa shape index (κ3) is 3.91. The van der Waals surface area contributed by atoms with Crippen molar-refractivity contribution in [3.05, 3.63) is 51.4 Å². The first kappa shape index (κ1) is 20.7. The molecule has 0 amide bonds. The minimum Gasteiger partial charge on any atom is -0.506 e. The molecule has 7 heteroatoms. The Morgan fingerprint density at radius 1 is 1.24 bits per heavy atom. The molecule has 154 valence electrons. The van der Waals surface area contributed by atoms with Gasteiger partial charge in [0.1, 0.15) is 5.75 Å². The molecule has 0 aliphatic heterocycles. The third-order valence-electron chi connectivity index (χ3n) is 5.30. The van der Waals surface area contributed by atoms with Gasteiger partial charge in [-0.15, -0.1) is 0 Å². The van der Waals surface area contributed by atoms with E-state index in [9.17, 15) is 19.8 Å². The van der Waals surface area contributed by atoms with Crippen molar-refractivity contribution < 1.29 is 15.0 Å². The third-order valence-corrected chi connectivity index (χ3v) is 5.30. The van der Waals surface area contributed by atoms with Gasteiger partial charge in [-0.3, -0.25) is 4.79 Å². The van der Waals surface area contributed by atoms with E-state index >= 15 is 0 Å². The molecule has 0 saturated heterocycles. The summed E-state index contributed by atoms with van der Waals surface area (Å²) in [5.41, 5.74) is 2.39. The monoisotopic (exact) mass is 397 g/mol. The SMILES string of the molecule is CCCCNCc1cc2cc(-c3[nH]c(=O)c(C(=O)O)c(O)c3CC)ccc2n1C. The van der Waals surface area contributed by atoms with Gasteiger partial charge >= 0.3 is 5.97 Å². The summed E-state index contributed by atoms with van der Waals surface area (Å²) >= 11 is 0. The molecule has 29 heavy (non-hydrogen) atoms. The number of nitrogens with one attached hydrogen (secondary N) is 2. The highest BCUT2D eigenvalue weighted by Gasteiger charge is 2.22. The molecule has 7 nitrogen and oxygen atoms in total. The molecule has 1 aromatic carbocycles. The van der Waals surface area contributed by atoms with Crippen molar-refractivity contribution in [1.29, 1.82) is 0 Å². The van der Waals surface area contributed by atoms with Crippen molar-refractivity contribution >= 4 is 16.9 Å². The number of H-pyrrole nitrogens is 1. The fourth-order valence-corrected chi connectivity index (χ4v) is 3.67. The fraction of sp³-hybridized carbons (Fsp3) is 0.364. The minimum absolute atomic E-state index is 0.387. The largest absolute Gasteiger partial charge is 0.506 e. The smallest absolute Gasteiger partial charge is 0.345 e. The molecular weight excluding hydrogens is 370 g/mol. The molecule has 4 N–H and O–H groups in total. The molecule has 0 spiro atoms. The Hall–Kier alpha value is -3.06. The van der Waals surface area contributed by atoms with E-state index in [0.717, 1.165) is 48.1 Å². The van der Waals surface area contributed by atoms with Crippen LogP contribution in [0, 0.1) is 0 Å². The summed E-state index contributed by atoms with van der Waals surface area (Å²) in [6, 6.07) is 7.91.